The van der Waals surface area contributed by atoms with Crippen LogP contribution in [0.3, 0.4) is 0 Å². The fourth-order valence-electron chi connectivity index (χ4n) is 1.86. The average Bonchev–Trinajstić information content (AvgIpc) is 2.21. The van der Waals surface area contributed by atoms with E-state index in [1.165, 1.54) is 22.3 Å². The van der Waals surface area contributed by atoms with Crippen molar-refractivity contribution in [2.75, 3.05) is 5.73 Å². The molecule has 0 aromatic heterocycles. The SMILES string of the molecule is C=Cc1c(CC)cc(CC)c(N)c1C. The Hall–Kier alpha value is -1.24. The van der Waals surface area contributed by atoms with Crippen LogP contribution in [-0.2, 0) is 12.8 Å². The average molecular weight is 189 g/mol. The number of hydrogen-bond donors (Lipinski definition) is 1. The quantitative estimate of drug-likeness (QED) is 0.725. The van der Waals surface area contributed by atoms with Gasteiger partial charge in [0.1, 0.15) is 0 Å². The Balaban J connectivity index is 3.45. The van der Waals surface area contributed by atoms with Crippen LogP contribution < -0.4 is 5.73 Å². The summed E-state index contributed by atoms with van der Waals surface area (Å²) in [7, 11) is 0. The molecule has 2 N–H and O–H groups in total. The number of nitrogen functional groups attached to an aromatic ring is 1. The molecule has 0 atom stereocenters. The Morgan fingerprint density at radius 2 is 1.86 bits per heavy atom. The van der Waals surface area contributed by atoms with Crippen LogP contribution in [0.5, 0.6) is 0 Å². The highest BCUT2D eigenvalue weighted by Crippen LogP contribution is 2.26. The normalized spacial score (nSPS) is 10.2. The van der Waals surface area contributed by atoms with Crippen molar-refractivity contribution in [1.82, 2.24) is 0 Å². The van der Waals surface area contributed by atoms with E-state index in [2.05, 4.69) is 33.4 Å². The predicted octanol–water partition coefficient (Wildman–Crippen LogP) is 3.35. The second kappa shape index (κ2) is 4.32. The van der Waals surface area contributed by atoms with Gasteiger partial charge in [0.2, 0.25) is 0 Å². The largest absolute Gasteiger partial charge is 0.398 e. The van der Waals surface area contributed by atoms with E-state index < -0.39 is 0 Å². The monoisotopic (exact) mass is 189 g/mol. The summed E-state index contributed by atoms with van der Waals surface area (Å²) in [6, 6.07) is 2.21. The van der Waals surface area contributed by atoms with Gasteiger partial charge in [-0.3, -0.25) is 0 Å². The minimum Gasteiger partial charge on any atom is -0.398 e. The molecule has 0 radical (unpaired) electrons. The molecule has 1 rings (SSSR count). The highest BCUT2D eigenvalue weighted by Gasteiger charge is 2.08. The first-order valence-corrected chi connectivity index (χ1v) is 5.18. The topological polar surface area (TPSA) is 26.0 Å². The third-order valence-corrected chi connectivity index (χ3v) is 2.81. The summed E-state index contributed by atoms with van der Waals surface area (Å²) in [5.74, 6) is 0. The van der Waals surface area contributed by atoms with Gasteiger partial charge < -0.3 is 5.73 Å². The molecule has 1 heteroatoms. The van der Waals surface area contributed by atoms with Gasteiger partial charge in [-0.1, -0.05) is 32.6 Å². The van der Waals surface area contributed by atoms with Crippen LogP contribution in [0.25, 0.3) is 6.08 Å². The van der Waals surface area contributed by atoms with Crippen LogP contribution in [0.4, 0.5) is 5.69 Å². The molecular formula is C13H19N. The number of nitrogens with two attached hydrogens (primary N) is 1. The highest BCUT2D eigenvalue weighted by molar-refractivity contribution is 5.67. The smallest absolute Gasteiger partial charge is 0.0382 e. The van der Waals surface area contributed by atoms with Crippen LogP contribution in [-0.4, -0.2) is 0 Å². The van der Waals surface area contributed by atoms with Crippen molar-refractivity contribution in [3.63, 3.8) is 0 Å². The molecule has 76 valence electrons. The van der Waals surface area contributed by atoms with Crippen molar-refractivity contribution < 1.29 is 0 Å². The number of benzene rings is 1. The Morgan fingerprint density at radius 1 is 1.29 bits per heavy atom. The lowest BCUT2D eigenvalue weighted by atomic mass is 9.94. The molecule has 1 aromatic rings. The Kier molecular flexibility index (Phi) is 3.34. The van der Waals surface area contributed by atoms with E-state index in [4.69, 9.17) is 5.73 Å². The second-order valence-electron chi connectivity index (χ2n) is 3.56. The Morgan fingerprint density at radius 3 is 2.29 bits per heavy atom. The molecule has 0 aliphatic carbocycles. The lowest BCUT2D eigenvalue weighted by Crippen LogP contribution is -2.02. The van der Waals surface area contributed by atoms with E-state index in [9.17, 15) is 0 Å². The standard InChI is InChI=1S/C13H19N/c1-5-10-8-11(6-2)13(14)9(4)12(10)7-3/h7-8H,3,5-6,14H2,1-2,4H3. The maximum absolute atomic E-state index is 6.05. The summed E-state index contributed by atoms with van der Waals surface area (Å²) in [6.07, 6.45) is 3.94. The van der Waals surface area contributed by atoms with Gasteiger partial charge in [0, 0.05) is 5.69 Å². The molecule has 0 unspecified atom stereocenters. The van der Waals surface area contributed by atoms with Crippen molar-refractivity contribution in [2.24, 2.45) is 0 Å². The van der Waals surface area contributed by atoms with Crippen LogP contribution in [0.1, 0.15) is 36.1 Å². The molecule has 0 heterocycles. The molecule has 0 aliphatic heterocycles. The second-order valence-corrected chi connectivity index (χ2v) is 3.56. The molecule has 0 amide bonds. The lowest BCUT2D eigenvalue weighted by Gasteiger charge is -2.14. The van der Waals surface area contributed by atoms with Gasteiger partial charge in [-0.05, 0) is 42.0 Å². The predicted molar refractivity (Wildman–Crippen MR) is 64.4 cm³/mol. The molecule has 0 saturated heterocycles. The summed E-state index contributed by atoms with van der Waals surface area (Å²) >= 11 is 0. The van der Waals surface area contributed by atoms with Gasteiger partial charge in [0.05, 0.1) is 0 Å². The lowest BCUT2D eigenvalue weighted by molar-refractivity contribution is 1.07. The van der Waals surface area contributed by atoms with Gasteiger partial charge >= 0.3 is 0 Å². The Labute approximate surface area is 86.6 Å². The first-order valence-electron chi connectivity index (χ1n) is 5.18. The molecule has 1 aromatic carbocycles. The van der Waals surface area contributed by atoms with Crippen molar-refractivity contribution in [3.05, 3.63) is 34.9 Å². The molecule has 0 bridgehead atoms. The summed E-state index contributed by atoms with van der Waals surface area (Å²) in [5.41, 5.74) is 12.0. The first kappa shape index (κ1) is 10.8. The van der Waals surface area contributed by atoms with E-state index in [1.807, 2.05) is 6.08 Å². The maximum atomic E-state index is 6.05. The number of rotatable bonds is 3. The first-order chi connectivity index (χ1) is 6.65. The van der Waals surface area contributed by atoms with E-state index in [0.29, 0.717) is 0 Å². The van der Waals surface area contributed by atoms with Crippen molar-refractivity contribution >= 4 is 11.8 Å². The zero-order chi connectivity index (χ0) is 10.7. The molecule has 1 nitrogen and oxygen atoms in total. The highest BCUT2D eigenvalue weighted by atomic mass is 14.6. The summed E-state index contributed by atoms with van der Waals surface area (Å²) < 4.78 is 0. The van der Waals surface area contributed by atoms with E-state index >= 15 is 0 Å². The maximum Gasteiger partial charge on any atom is 0.0382 e. The fourth-order valence-corrected chi connectivity index (χ4v) is 1.86. The van der Waals surface area contributed by atoms with E-state index in [-0.39, 0.29) is 0 Å². The van der Waals surface area contributed by atoms with Gasteiger partial charge in [-0.2, -0.15) is 0 Å². The minimum atomic E-state index is 0.930. The third kappa shape index (κ3) is 1.67. The molecule has 0 spiro atoms. The summed E-state index contributed by atoms with van der Waals surface area (Å²) in [4.78, 5) is 0. The van der Waals surface area contributed by atoms with Crippen LogP contribution in [0.2, 0.25) is 0 Å². The molecular weight excluding hydrogens is 170 g/mol. The number of aryl methyl sites for hydroxylation is 2. The van der Waals surface area contributed by atoms with E-state index in [0.717, 1.165) is 18.5 Å². The van der Waals surface area contributed by atoms with Crippen LogP contribution in [0.15, 0.2) is 12.6 Å². The minimum absolute atomic E-state index is 0.930. The summed E-state index contributed by atoms with van der Waals surface area (Å²) in [6.45, 7) is 10.2. The Bertz CT molecular complexity index is 351. The van der Waals surface area contributed by atoms with Crippen LogP contribution >= 0.6 is 0 Å². The van der Waals surface area contributed by atoms with Gasteiger partial charge in [0.15, 0.2) is 0 Å². The zero-order valence-corrected chi connectivity index (χ0v) is 9.35. The van der Waals surface area contributed by atoms with Crippen molar-refractivity contribution in [3.8, 4) is 0 Å². The molecule has 0 fully saturated rings. The van der Waals surface area contributed by atoms with Crippen molar-refractivity contribution in [1.29, 1.82) is 0 Å². The zero-order valence-electron chi connectivity index (χ0n) is 9.35. The summed E-state index contributed by atoms with van der Waals surface area (Å²) in [5, 5.41) is 0. The van der Waals surface area contributed by atoms with Crippen molar-refractivity contribution in [2.45, 2.75) is 33.6 Å². The van der Waals surface area contributed by atoms with Gasteiger partial charge in [0.25, 0.3) is 0 Å². The van der Waals surface area contributed by atoms with Gasteiger partial charge in [-0.15, -0.1) is 0 Å². The molecule has 0 aliphatic rings. The number of anilines is 1. The third-order valence-electron chi connectivity index (χ3n) is 2.81. The fraction of sp³-hybridized carbons (Fsp3) is 0.385. The molecule has 0 saturated carbocycles. The van der Waals surface area contributed by atoms with E-state index in [1.54, 1.807) is 0 Å². The molecule has 14 heavy (non-hydrogen) atoms. The van der Waals surface area contributed by atoms with Crippen LogP contribution in [0, 0.1) is 6.92 Å². The number of hydrogen-bond acceptors (Lipinski definition) is 1. The van der Waals surface area contributed by atoms with Gasteiger partial charge in [-0.25, -0.2) is 0 Å².